The molecule has 1 atom stereocenters. The molecular weight excluding hydrogens is 236 g/mol. The molecule has 1 aromatic rings. The zero-order valence-corrected chi connectivity index (χ0v) is 12.1. The Kier molecular flexibility index (Phi) is 3.20. The monoisotopic (exact) mass is 260 g/mol. The molecule has 0 aliphatic heterocycles. The van der Waals surface area contributed by atoms with Crippen LogP contribution in [0.2, 0.25) is 0 Å². The van der Waals surface area contributed by atoms with Crippen LogP contribution in [0.25, 0.3) is 0 Å². The van der Waals surface area contributed by atoms with E-state index in [1.165, 1.54) is 0 Å². The number of hydrogen-bond acceptors (Lipinski definition) is 4. The van der Waals surface area contributed by atoms with Crippen LogP contribution in [0.1, 0.15) is 38.3 Å². The normalized spacial score (nSPS) is 19.0. The van der Waals surface area contributed by atoms with Gasteiger partial charge in [-0.3, -0.25) is 4.99 Å². The zero-order valence-electron chi connectivity index (χ0n) is 12.1. The molecule has 1 aliphatic carbocycles. The third-order valence-electron chi connectivity index (χ3n) is 4.39. The van der Waals surface area contributed by atoms with Gasteiger partial charge in [-0.1, -0.05) is 20.8 Å². The lowest BCUT2D eigenvalue weighted by atomic mass is 9.70. The first-order valence-electron chi connectivity index (χ1n) is 6.72. The maximum Gasteiger partial charge on any atom is 0.0909 e. The summed E-state index contributed by atoms with van der Waals surface area (Å²) < 4.78 is 0. The molecule has 6 N–H and O–H groups in total. The van der Waals surface area contributed by atoms with Crippen molar-refractivity contribution in [2.24, 2.45) is 16.3 Å². The lowest BCUT2D eigenvalue weighted by molar-refractivity contribution is 0.216. The van der Waals surface area contributed by atoms with Gasteiger partial charge in [0.05, 0.1) is 22.7 Å². The lowest BCUT2D eigenvalue weighted by Crippen LogP contribution is -2.28. The average molecular weight is 260 g/mol. The summed E-state index contributed by atoms with van der Waals surface area (Å²) in [7, 11) is 0. The first-order chi connectivity index (χ1) is 8.77. The largest absolute Gasteiger partial charge is 0.397 e. The molecule has 0 saturated carbocycles. The van der Waals surface area contributed by atoms with E-state index in [1.807, 2.05) is 0 Å². The summed E-state index contributed by atoms with van der Waals surface area (Å²) in [5.74, 6) is 0.600. The number of rotatable bonds is 1. The number of aliphatic imine (C=N–C) groups is 1. The Morgan fingerprint density at radius 1 is 1.05 bits per heavy atom. The Hall–Kier alpha value is -1.71. The van der Waals surface area contributed by atoms with Gasteiger partial charge in [-0.25, -0.2) is 0 Å². The second-order valence-electron chi connectivity index (χ2n) is 6.51. The molecule has 1 aliphatic rings. The number of benzene rings is 1. The van der Waals surface area contributed by atoms with Gasteiger partial charge in [0, 0.05) is 0 Å². The molecule has 1 aromatic carbocycles. The first kappa shape index (κ1) is 13.7. The fraction of sp³-hybridized carbons (Fsp3) is 0.533. The second-order valence-corrected chi connectivity index (χ2v) is 6.51. The van der Waals surface area contributed by atoms with E-state index in [0.717, 1.165) is 36.1 Å². The highest BCUT2D eigenvalue weighted by Gasteiger charge is 2.32. The Morgan fingerprint density at radius 2 is 1.68 bits per heavy atom. The van der Waals surface area contributed by atoms with E-state index in [0.29, 0.717) is 23.0 Å². The van der Waals surface area contributed by atoms with Crippen LogP contribution in [0.4, 0.5) is 22.7 Å². The number of hydrogen-bond donors (Lipinski definition) is 3. The second kappa shape index (κ2) is 4.44. The smallest absolute Gasteiger partial charge is 0.0909 e. The van der Waals surface area contributed by atoms with Gasteiger partial charge in [-0.2, -0.15) is 0 Å². The quantitative estimate of drug-likeness (QED) is 0.535. The van der Waals surface area contributed by atoms with E-state index in [9.17, 15) is 0 Å². The van der Waals surface area contributed by atoms with Crippen molar-refractivity contribution >= 4 is 29.5 Å². The average Bonchev–Trinajstić information content (AvgIpc) is 2.35. The van der Waals surface area contributed by atoms with E-state index in [-0.39, 0.29) is 5.41 Å². The first-order valence-corrected chi connectivity index (χ1v) is 6.72. The zero-order chi connectivity index (χ0) is 14.4. The summed E-state index contributed by atoms with van der Waals surface area (Å²) in [5, 5.41) is 0. The van der Waals surface area contributed by atoms with Crippen LogP contribution in [-0.4, -0.2) is 6.72 Å². The van der Waals surface area contributed by atoms with Crippen molar-refractivity contribution in [3.05, 3.63) is 11.1 Å². The maximum absolute atomic E-state index is 6.17. The molecular formula is C15H24N4. The Labute approximate surface area is 115 Å². The van der Waals surface area contributed by atoms with Crippen molar-refractivity contribution < 1.29 is 0 Å². The van der Waals surface area contributed by atoms with Crippen molar-refractivity contribution in [2.75, 3.05) is 17.2 Å². The van der Waals surface area contributed by atoms with Crippen molar-refractivity contribution in [3.8, 4) is 0 Å². The molecule has 104 valence electrons. The van der Waals surface area contributed by atoms with Gasteiger partial charge in [0.25, 0.3) is 0 Å². The Bertz CT molecular complexity index is 526. The highest BCUT2D eigenvalue weighted by molar-refractivity contribution is 5.91. The van der Waals surface area contributed by atoms with Crippen molar-refractivity contribution in [3.63, 3.8) is 0 Å². The molecule has 0 spiro atoms. The predicted molar refractivity (Wildman–Crippen MR) is 83.9 cm³/mol. The molecule has 0 aromatic heterocycles. The third kappa shape index (κ3) is 2.15. The summed E-state index contributed by atoms with van der Waals surface area (Å²) in [6, 6.07) is 0. The van der Waals surface area contributed by atoms with E-state index in [1.54, 1.807) is 0 Å². The summed E-state index contributed by atoms with van der Waals surface area (Å²) in [6.07, 6.45) is 3.01. The van der Waals surface area contributed by atoms with Crippen LogP contribution >= 0.6 is 0 Å². The van der Waals surface area contributed by atoms with Crippen molar-refractivity contribution in [2.45, 2.75) is 40.0 Å². The number of anilines is 3. The molecule has 0 saturated heterocycles. The van der Waals surface area contributed by atoms with E-state index in [2.05, 4.69) is 32.5 Å². The van der Waals surface area contributed by atoms with Gasteiger partial charge in [0.2, 0.25) is 0 Å². The molecule has 0 amide bonds. The SMILES string of the molecule is C=Nc1c(N)c(N)c(N)c2c1CCC(C(C)(C)C)C2. The summed E-state index contributed by atoms with van der Waals surface area (Å²) in [5.41, 5.74) is 23.0. The minimum Gasteiger partial charge on any atom is -0.397 e. The lowest BCUT2D eigenvalue weighted by Gasteiger charge is -2.36. The summed E-state index contributed by atoms with van der Waals surface area (Å²) in [4.78, 5) is 4.06. The maximum atomic E-state index is 6.17. The van der Waals surface area contributed by atoms with Gasteiger partial charge in [-0.05, 0) is 48.4 Å². The molecule has 2 rings (SSSR count). The molecule has 4 nitrogen and oxygen atoms in total. The van der Waals surface area contributed by atoms with Gasteiger partial charge in [-0.15, -0.1) is 0 Å². The minimum atomic E-state index is 0.266. The highest BCUT2D eigenvalue weighted by atomic mass is 14.8. The summed E-state index contributed by atoms with van der Waals surface area (Å²) >= 11 is 0. The number of nitrogen functional groups attached to an aromatic ring is 3. The molecule has 0 fully saturated rings. The van der Waals surface area contributed by atoms with Crippen molar-refractivity contribution in [1.82, 2.24) is 0 Å². The molecule has 0 heterocycles. The number of nitrogens with zero attached hydrogens (tertiary/aromatic N) is 1. The fourth-order valence-corrected chi connectivity index (χ4v) is 2.99. The molecule has 4 heteroatoms. The van der Waals surface area contributed by atoms with Crippen LogP contribution < -0.4 is 17.2 Å². The minimum absolute atomic E-state index is 0.266. The summed E-state index contributed by atoms with van der Waals surface area (Å²) in [6.45, 7) is 10.4. The predicted octanol–water partition coefficient (Wildman–Crippen LogP) is 2.92. The fourth-order valence-electron chi connectivity index (χ4n) is 2.99. The highest BCUT2D eigenvalue weighted by Crippen LogP contribution is 2.47. The van der Waals surface area contributed by atoms with Crippen LogP contribution in [0.3, 0.4) is 0 Å². The van der Waals surface area contributed by atoms with E-state index < -0.39 is 0 Å². The van der Waals surface area contributed by atoms with E-state index >= 15 is 0 Å². The number of fused-ring (bicyclic) bond motifs is 1. The Morgan fingerprint density at radius 3 is 2.21 bits per heavy atom. The topological polar surface area (TPSA) is 90.4 Å². The van der Waals surface area contributed by atoms with Crippen molar-refractivity contribution in [1.29, 1.82) is 0 Å². The van der Waals surface area contributed by atoms with E-state index in [4.69, 9.17) is 17.2 Å². The van der Waals surface area contributed by atoms with Gasteiger partial charge in [0.15, 0.2) is 0 Å². The molecule has 0 bridgehead atoms. The van der Waals surface area contributed by atoms with Gasteiger partial charge in [0.1, 0.15) is 0 Å². The number of nitrogens with two attached hydrogens (primary N) is 3. The van der Waals surface area contributed by atoms with Crippen LogP contribution in [0.15, 0.2) is 4.99 Å². The van der Waals surface area contributed by atoms with Crippen LogP contribution in [-0.2, 0) is 12.8 Å². The standard InChI is InChI=1S/C15H24N4/c1-15(2,3)8-5-6-9-10(7-8)11(16)12(17)13(18)14(9)19-4/h8H,4-7,16-18H2,1-3H3. The van der Waals surface area contributed by atoms with Gasteiger partial charge < -0.3 is 17.2 Å². The third-order valence-corrected chi connectivity index (χ3v) is 4.39. The Balaban J connectivity index is 2.57. The molecule has 19 heavy (non-hydrogen) atoms. The molecule has 1 unspecified atom stereocenters. The van der Waals surface area contributed by atoms with Gasteiger partial charge >= 0.3 is 0 Å². The van der Waals surface area contributed by atoms with Crippen LogP contribution in [0.5, 0.6) is 0 Å². The molecule has 0 radical (unpaired) electrons. The van der Waals surface area contributed by atoms with Crippen LogP contribution in [0, 0.1) is 11.3 Å².